The fourth-order valence-electron chi connectivity index (χ4n) is 2.78. The third-order valence-electron chi connectivity index (χ3n) is 3.96. The predicted octanol–water partition coefficient (Wildman–Crippen LogP) is 4.00. The van der Waals surface area contributed by atoms with Gasteiger partial charge in [-0.3, -0.25) is 0 Å². The standard InChI is InChI=1S/C17H13Cl2N3O/c18-12-1-2-14(23)16(17(12)19)10-4-6-22-9-13(21-15(22)7-10)11-3-5-20-8-11/h1-4,6-7,9,20,23H,5,8H2. The van der Waals surface area contributed by atoms with E-state index in [0.29, 0.717) is 15.6 Å². The van der Waals surface area contributed by atoms with Gasteiger partial charge in [0.25, 0.3) is 0 Å². The molecule has 3 heterocycles. The van der Waals surface area contributed by atoms with Gasteiger partial charge in [0.2, 0.25) is 0 Å². The van der Waals surface area contributed by atoms with Crippen molar-refractivity contribution in [3.63, 3.8) is 0 Å². The number of nitrogens with one attached hydrogen (secondary N) is 1. The minimum Gasteiger partial charge on any atom is -0.507 e. The molecule has 3 aromatic rings. The number of aromatic nitrogens is 2. The third kappa shape index (κ3) is 2.49. The zero-order chi connectivity index (χ0) is 16.0. The summed E-state index contributed by atoms with van der Waals surface area (Å²) in [7, 11) is 0. The average molecular weight is 346 g/mol. The van der Waals surface area contributed by atoms with Crippen LogP contribution in [-0.4, -0.2) is 27.6 Å². The van der Waals surface area contributed by atoms with Crippen LogP contribution in [0.15, 0.2) is 42.7 Å². The van der Waals surface area contributed by atoms with E-state index < -0.39 is 0 Å². The van der Waals surface area contributed by atoms with Crippen LogP contribution in [0.3, 0.4) is 0 Å². The first-order valence-electron chi connectivity index (χ1n) is 7.20. The minimum absolute atomic E-state index is 0.0956. The van der Waals surface area contributed by atoms with Crippen LogP contribution in [0.2, 0.25) is 10.0 Å². The quantitative estimate of drug-likeness (QED) is 0.737. The number of pyridine rings is 1. The molecule has 1 aliphatic heterocycles. The molecule has 0 saturated heterocycles. The summed E-state index contributed by atoms with van der Waals surface area (Å²) >= 11 is 12.3. The van der Waals surface area contributed by atoms with Gasteiger partial charge in [-0.05, 0) is 35.4 Å². The molecular formula is C17H13Cl2N3O. The highest BCUT2D eigenvalue weighted by atomic mass is 35.5. The summed E-state index contributed by atoms with van der Waals surface area (Å²) in [4.78, 5) is 4.66. The number of benzene rings is 1. The number of imidazole rings is 1. The summed E-state index contributed by atoms with van der Waals surface area (Å²) in [5.41, 5.74) is 4.24. The van der Waals surface area contributed by atoms with Crippen LogP contribution in [0.25, 0.3) is 22.3 Å². The molecule has 6 heteroatoms. The molecule has 0 spiro atoms. The lowest BCUT2D eigenvalue weighted by molar-refractivity contribution is 0.477. The highest BCUT2D eigenvalue weighted by Crippen LogP contribution is 2.40. The molecule has 0 saturated carbocycles. The van der Waals surface area contributed by atoms with Crippen LogP contribution in [0, 0.1) is 0 Å². The molecule has 0 amide bonds. The van der Waals surface area contributed by atoms with Crippen LogP contribution in [0.1, 0.15) is 5.69 Å². The van der Waals surface area contributed by atoms with Crippen molar-refractivity contribution in [2.24, 2.45) is 0 Å². The minimum atomic E-state index is 0.0956. The highest BCUT2D eigenvalue weighted by molar-refractivity contribution is 6.44. The van der Waals surface area contributed by atoms with Gasteiger partial charge in [0, 0.05) is 31.0 Å². The van der Waals surface area contributed by atoms with Crippen LogP contribution in [0.4, 0.5) is 0 Å². The number of phenols is 1. The van der Waals surface area contributed by atoms with E-state index in [4.69, 9.17) is 23.2 Å². The molecule has 1 aliphatic rings. The smallest absolute Gasteiger partial charge is 0.138 e. The van der Waals surface area contributed by atoms with Gasteiger partial charge in [-0.25, -0.2) is 4.98 Å². The van der Waals surface area contributed by atoms with Crippen molar-refractivity contribution >= 4 is 34.4 Å². The Morgan fingerprint density at radius 2 is 2.09 bits per heavy atom. The first kappa shape index (κ1) is 14.6. The van der Waals surface area contributed by atoms with Crippen molar-refractivity contribution in [2.45, 2.75) is 0 Å². The van der Waals surface area contributed by atoms with Crippen molar-refractivity contribution in [3.05, 3.63) is 58.5 Å². The summed E-state index contributed by atoms with van der Waals surface area (Å²) in [5.74, 6) is 0.0956. The lowest BCUT2D eigenvalue weighted by atomic mass is 10.1. The molecule has 4 nitrogen and oxygen atoms in total. The first-order chi connectivity index (χ1) is 11.1. The van der Waals surface area contributed by atoms with Crippen LogP contribution >= 0.6 is 23.2 Å². The number of rotatable bonds is 2. The van der Waals surface area contributed by atoms with Crippen LogP contribution in [-0.2, 0) is 0 Å². The summed E-state index contributed by atoms with van der Waals surface area (Å²) in [5, 5.41) is 14.1. The number of aromatic hydroxyl groups is 1. The lowest BCUT2D eigenvalue weighted by Crippen LogP contribution is -2.07. The fraction of sp³-hybridized carbons (Fsp3) is 0.118. The van der Waals surface area contributed by atoms with E-state index in [2.05, 4.69) is 16.4 Å². The van der Waals surface area contributed by atoms with Crippen molar-refractivity contribution in [3.8, 4) is 16.9 Å². The molecule has 2 aromatic heterocycles. The van der Waals surface area contributed by atoms with E-state index in [1.54, 1.807) is 12.1 Å². The second-order valence-electron chi connectivity index (χ2n) is 5.42. The van der Waals surface area contributed by atoms with Gasteiger partial charge in [0.1, 0.15) is 11.4 Å². The zero-order valence-electron chi connectivity index (χ0n) is 12.1. The number of fused-ring (bicyclic) bond motifs is 1. The highest BCUT2D eigenvalue weighted by Gasteiger charge is 2.15. The molecule has 1 aromatic carbocycles. The number of hydrogen-bond donors (Lipinski definition) is 2. The summed E-state index contributed by atoms with van der Waals surface area (Å²) < 4.78 is 1.95. The van der Waals surface area contributed by atoms with Crippen LogP contribution in [0.5, 0.6) is 5.75 Å². The maximum Gasteiger partial charge on any atom is 0.138 e. The number of nitrogens with zero attached hydrogens (tertiary/aromatic N) is 2. The lowest BCUT2D eigenvalue weighted by Gasteiger charge is -2.09. The third-order valence-corrected chi connectivity index (χ3v) is 4.76. The Balaban J connectivity index is 1.85. The van der Waals surface area contributed by atoms with E-state index in [-0.39, 0.29) is 5.75 Å². The molecule has 0 unspecified atom stereocenters. The van der Waals surface area contributed by atoms with Gasteiger partial charge in [0.05, 0.1) is 15.7 Å². The van der Waals surface area contributed by atoms with E-state index in [1.165, 1.54) is 5.57 Å². The molecule has 0 radical (unpaired) electrons. The predicted molar refractivity (Wildman–Crippen MR) is 93.2 cm³/mol. The van der Waals surface area contributed by atoms with Crippen molar-refractivity contribution < 1.29 is 5.11 Å². The fourth-order valence-corrected chi connectivity index (χ4v) is 3.20. The van der Waals surface area contributed by atoms with Gasteiger partial charge < -0.3 is 14.8 Å². The summed E-state index contributed by atoms with van der Waals surface area (Å²) in [6.07, 6.45) is 6.04. The molecule has 116 valence electrons. The number of halogens is 2. The second-order valence-corrected chi connectivity index (χ2v) is 6.21. The van der Waals surface area contributed by atoms with Gasteiger partial charge in [-0.1, -0.05) is 29.3 Å². The topological polar surface area (TPSA) is 49.6 Å². The molecule has 4 rings (SSSR count). The van der Waals surface area contributed by atoms with Crippen LogP contribution < -0.4 is 5.32 Å². The maximum atomic E-state index is 10.1. The van der Waals surface area contributed by atoms with E-state index in [0.717, 1.165) is 30.0 Å². The molecule has 0 bridgehead atoms. The molecule has 0 aliphatic carbocycles. The van der Waals surface area contributed by atoms with Gasteiger partial charge >= 0.3 is 0 Å². The van der Waals surface area contributed by atoms with Gasteiger partial charge in [-0.2, -0.15) is 0 Å². The SMILES string of the molecule is Oc1ccc(Cl)c(Cl)c1-c1ccn2cc(C3=CCNC3)nc2c1. The Bertz CT molecular complexity index is 946. The first-order valence-corrected chi connectivity index (χ1v) is 7.95. The van der Waals surface area contributed by atoms with E-state index in [1.807, 2.05) is 28.9 Å². The molecule has 0 atom stereocenters. The molecular weight excluding hydrogens is 333 g/mol. The molecule has 0 fully saturated rings. The van der Waals surface area contributed by atoms with Crippen molar-refractivity contribution in [1.82, 2.24) is 14.7 Å². The Morgan fingerprint density at radius 1 is 1.22 bits per heavy atom. The van der Waals surface area contributed by atoms with Crippen molar-refractivity contribution in [1.29, 1.82) is 0 Å². The summed E-state index contributed by atoms with van der Waals surface area (Å²) in [6.45, 7) is 1.71. The monoisotopic (exact) mass is 345 g/mol. The van der Waals surface area contributed by atoms with Crippen molar-refractivity contribution in [2.75, 3.05) is 13.1 Å². The largest absolute Gasteiger partial charge is 0.507 e. The maximum absolute atomic E-state index is 10.1. The number of hydrogen-bond acceptors (Lipinski definition) is 3. The Labute approximate surface area is 143 Å². The zero-order valence-corrected chi connectivity index (χ0v) is 13.6. The Kier molecular flexibility index (Phi) is 3.53. The van der Waals surface area contributed by atoms with Gasteiger partial charge in [0.15, 0.2) is 0 Å². The molecule has 2 N–H and O–H groups in total. The van der Waals surface area contributed by atoms with Gasteiger partial charge in [-0.15, -0.1) is 0 Å². The van der Waals surface area contributed by atoms with E-state index >= 15 is 0 Å². The second kappa shape index (κ2) is 5.57. The normalized spacial score (nSPS) is 14.4. The number of phenolic OH excluding ortho intramolecular Hbond substituents is 1. The Morgan fingerprint density at radius 3 is 2.87 bits per heavy atom. The molecule has 23 heavy (non-hydrogen) atoms. The van der Waals surface area contributed by atoms with E-state index in [9.17, 15) is 5.11 Å². The summed E-state index contributed by atoms with van der Waals surface area (Å²) in [6, 6.07) is 6.90. The average Bonchev–Trinajstić information content (AvgIpc) is 3.19. The Hall–Kier alpha value is -2.01.